The molecule has 122 valence electrons. The van der Waals surface area contributed by atoms with E-state index in [1.807, 2.05) is 32.9 Å². The number of rotatable bonds is 4. The number of pyridine rings is 1. The van der Waals surface area contributed by atoms with Crippen LogP contribution >= 0.6 is 0 Å². The zero-order chi connectivity index (χ0) is 17.2. The Kier molecular flexibility index (Phi) is 4.98. The Labute approximate surface area is 137 Å². The highest BCUT2D eigenvalue weighted by Gasteiger charge is 2.21. The van der Waals surface area contributed by atoms with Gasteiger partial charge in [0.05, 0.1) is 11.3 Å². The molecule has 0 aliphatic rings. The Hall–Kier alpha value is -2.03. The largest absolute Gasteiger partial charge is 0.294 e. The number of nitrogens with zero attached hydrogens (tertiary/aromatic N) is 1. The highest BCUT2D eigenvalue weighted by molar-refractivity contribution is 5.97. The predicted octanol–water partition coefficient (Wildman–Crippen LogP) is 5.63. The van der Waals surface area contributed by atoms with Gasteiger partial charge in [0.15, 0.2) is 5.78 Å². The van der Waals surface area contributed by atoms with Gasteiger partial charge in [-0.2, -0.15) is 0 Å². The van der Waals surface area contributed by atoms with Crippen LogP contribution in [0.3, 0.4) is 0 Å². The molecule has 1 aromatic heterocycles. The van der Waals surface area contributed by atoms with Gasteiger partial charge in [-0.25, -0.2) is 4.39 Å². The van der Waals surface area contributed by atoms with Gasteiger partial charge in [0.25, 0.3) is 0 Å². The van der Waals surface area contributed by atoms with Crippen LogP contribution in [0.25, 0.3) is 11.1 Å². The Morgan fingerprint density at radius 2 is 1.91 bits per heavy atom. The fourth-order valence-electron chi connectivity index (χ4n) is 2.61. The Bertz CT molecular complexity index is 714. The molecule has 3 heteroatoms. The lowest BCUT2D eigenvalue weighted by Gasteiger charge is -2.18. The Balaban J connectivity index is 2.48. The van der Waals surface area contributed by atoms with E-state index in [1.165, 1.54) is 6.07 Å². The number of benzene rings is 1. The zero-order valence-electron chi connectivity index (χ0n) is 14.5. The number of carbonyl (C=O) groups excluding carboxylic acids is 1. The normalized spacial score (nSPS) is 11.8. The quantitative estimate of drug-likeness (QED) is 0.685. The highest BCUT2D eigenvalue weighted by atomic mass is 19.1. The average Bonchev–Trinajstić information content (AvgIpc) is 2.45. The van der Waals surface area contributed by atoms with Gasteiger partial charge in [-0.3, -0.25) is 9.78 Å². The van der Waals surface area contributed by atoms with E-state index in [1.54, 1.807) is 18.3 Å². The third-order valence-electron chi connectivity index (χ3n) is 3.65. The second kappa shape index (κ2) is 6.61. The standard InChI is InChI=1S/C20H24FNO/c1-13(2)19-15(7-6-10-22-19)14-8-9-17(21)16(11-14)18(23)12-20(3,4)5/h6-11,13H,12H2,1-5H3. The van der Waals surface area contributed by atoms with E-state index < -0.39 is 5.82 Å². The molecule has 0 bridgehead atoms. The molecular formula is C20H24FNO. The van der Waals surface area contributed by atoms with Crippen molar-refractivity contribution < 1.29 is 9.18 Å². The summed E-state index contributed by atoms with van der Waals surface area (Å²) in [7, 11) is 0. The summed E-state index contributed by atoms with van der Waals surface area (Å²) in [5.41, 5.74) is 2.73. The maximum atomic E-state index is 14.1. The minimum atomic E-state index is -0.460. The van der Waals surface area contributed by atoms with E-state index in [0.717, 1.165) is 16.8 Å². The van der Waals surface area contributed by atoms with Crippen LogP contribution in [0.1, 0.15) is 63.0 Å². The van der Waals surface area contributed by atoms with Crippen molar-refractivity contribution in [2.45, 2.75) is 47.0 Å². The van der Waals surface area contributed by atoms with Crippen molar-refractivity contribution in [3.63, 3.8) is 0 Å². The molecule has 23 heavy (non-hydrogen) atoms. The zero-order valence-corrected chi connectivity index (χ0v) is 14.5. The van der Waals surface area contributed by atoms with Crippen LogP contribution in [-0.2, 0) is 0 Å². The number of hydrogen-bond acceptors (Lipinski definition) is 2. The molecule has 0 fully saturated rings. The minimum absolute atomic E-state index is 0.160. The number of aromatic nitrogens is 1. The van der Waals surface area contributed by atoms with E-state index in [-0.39, 0.29) is 22.7 Å². The van der Waals surface area contributed by atoms with Crippen molar-refractivity contribution in [3.8, 4) is 11.1 Å². The first-order chi connectivity index (χ1) is 10.7. The predicted molar refractivity (Wildman–Crippen MR) is 92.1 cm³/mol. The maximum Gasteiger partial charge on any atom is 0.166 e. The molecule has 2 nitrogen and oxygen atoms in total. The second-order valence-corrected chi connectivity index (χ2v) is 7.45. The fourth-order valence-corrected chi connectivity index (χ4v) is 2.61. The van der Waals surface area contributed by atoms with Crippen LogP contribution in [0, 0.1) is 11.2 Å². The highest BCUT2D eigenvalue weighted by Crippen LogP contribution is 2.30. The molecule has 0 spiro atoms. The van der Waals surface area contributed by atoms with Crippen molar-refractivity contribution in [2.75, 3.05) is 0 Å². The fraction of sp³-hybridized carbons (Fsp3) is 0.400. The first kappa shape index (κ1) is 17.3. The van der Waals surface area contributed by atoms with Crippen LogP contribution in [0.4, 0.5) is 4.39 Å². The summed E-state index contributed by atoms with van der Waals surface area (Å²) < 4.78 is 14.1. The summed E-state index contributed by atoms with van der Waals surface area (Å²) in [4.78, 5) is 16.9. The lowest BCUT2D eigenvalue weighted by Crippen LogP contribution is -2.14. The van der Waals surface area contributed by atoms with Crippen LogP contribution < -0.4 is 0 Å². The Morgan fingerprint density at radius 1 is 1.22 bits per heavy atom. The van der Waals surface area contributed by atoms with E-state index in [4.69, 9.17) is 0 Å². The summed E-state index contributed by atoms with van der Waals surface area (Å²) in [6, 6.07) is 8.58. The third-order valence-corrected chi connectivity index (χ3v) is 3.65. The molecule has 0 amide bonds. The Morgan fingerprint density at radius 3 is 2.52 bits per heavy atom. The topological polar surface area (TPSA) is 30.0 Å². The molecule has 2 rings (SSSR count). The first-order valence-corrected chi connectivity index (χ1v) is 7.97. The molecule has 0 unspecified atom stereocenters. The van der Waals surface area contributed by atoms with Crippen LogP contribution in [0.15, 0.2) is 36.5 Å². The monoisotopic (exact) mass is 313 g/mol. The van der Waals surface area contributed by atoms with Gasteiger partial charge < -0.3 is 0 Å². The number of ketones is 1. The molecule has 1 heterocycles. The van der Waals surface area contributed by atoms with E-state index in [0.29, 0.717) is 6.42 Å². The van der Waals surface area contributed by atoms with Crippen LogP contribution in [-0.4, -0.2) is 10.8 Å². The van der Waals surface area contributed by atoms with E-state index in [2.05, 4.69) is 18.8 Å². The SMILES string of the molecule is CC(C)c1ncccc1-c1ccc(F)c(C(=O)CC(C)(C)C)c1. The molecule has 0 atom stereocenters. The van der Waals surface area contributed by atoms with Crippen molar-refractivity contribution in [2.24, 2.45) is 5.41 Å². The van der Waals surface area contributed by atoms with Crippen LogP contribution in [0.5, 0.6) is 0 Å². The lowest BCUT2D eigenvalue weighted by atomic mass is 9.87. The van der Waals surface area contributed by atoms with E-state index >= 15 is 0 Å². The number of Topliss-reactive ketones (excluding diaryl/α,β-unsaturated/α-hetero) is 1. The van der Waals surface area contributed by atoms with Crippen molar-refractivity contribution in [3.05, 3.63) is 53.6 Å². The molecule has 0 N–H and O–H groups in total. The first-order valence-electron chi connectivity index (χ1n) is 7.97. The number of carbonyl (C=O) groups is 1. The summed E-state index contributed by atoms with van der Waals surface area (Å²) in [6.45, 7) is 10.1. The molecule has 0 saturated heterocycles. The van der Waals surface area contributed by atoms with Gasteiger partial charge in [0.1, 0.15) is 5.82 Å². The van der Waals surface area contributed by atoms with Gasteiger partial charge in [-0.05, 0) is 35.1 Å². The van der Waals surface area contributed by atoms with Gasteiger partial charge in [-0.1, -0.05) is 46.8 Å². The maximum absolute atomic E-state index is 14.1. The molecule has 2 aromatic rings. The molecule has 0 aliphatic heterocycles. The summed E-state index contributed by atoms with van der Waals surface area (Å²) in [6.07, 6.45) is 2.07. The molecule has 0 aliphatic carbocycles. The average molecular weight is 313 g/mol. The third kappa shape index (κ3) is 4.25. The molecule has 0 saturated carbocycles. The van der Waals surface area contributed by atoms with Crippen LogP contribution in [0.2, 0.25) is 0 Å². The van der Waals surface area contributed by atoms with Gasteiger partial charge in [-0.15, -0.1) is 0 Å². The van der Waals surface area contributed by atoms with E-state index in [9.17, 15) is 9.18 Å². The van der Waals surface area contributed by atoms with Crippen molar-refractivity contribution in [1.82, 2.24) is 4.98 Å². The van der Waals surface area contributed by atoms with Gasteiger partial charge >= 0.3 is 0 Å². The molecule has 1 aromatic carbocycles. The number of hydrogen-bond donors (Lipinski definition) is 0. The van der Waals surface area contributed by atoms with Gasteiger partial charge in [0, 0.05) is 18.2 Å². The van der Waals surface area contributed by atoms with Gasteiger partial charge in [0.2, 0.25) is 0 Å². The summed E-state index contributed by atoms with van der Waals surface area (Å²) in [5, 5.41) is 0. The summed E-state index contributed by atoms with van der Waals surface area (Å²) in [5.74, 6) is -0.366. The second-order valence-electron chi connectivity index (χ2n) is 7.45. The lowest BCUT2D eigenvalue weighted by molar-refractivity contribution is 0.0936. The van der Waals surface area contributed by atoms with Crippen molar-refractivity contribution in [1.29, 1.82) is 0 Å². The molecule has 0 radical (unpaired) electrons. The van der Waals surface area contributed by atoms with Crippen molar-refractivity contribution >= 4 is 5.78 Å². The minimum Gasteiger partial charge on any atom is -0.294 e. The molecular weight excluding hydrogens is 289 g/mol. The summed E-state index contributed by atoms with van der Waals surface area (Å²) >= 11 is 0. The smallest absolute Gasteiger partial charge is 0.166 e. The number of halogens is 1.